The molecule has 0 amide bonds. The molecule has 174 valence electrons. The van der Waals surface area contributed by atoms with E-state index in [-0.39, 0.29) is 11.1 Å². The maximum atomic E-state index is 14.5. The molecule has 0 bridgehead atoms. The lowest BCUT2D eigenvalue weighted by Gasteiger charge is -2.20. The van der Waals surface area contributed by atoms with Crippen molar-refractivity contribution in [2.45, 2.75) is 32.4 Å². The van der Waals surface area contributed by atoms with Gasteiger partial charge in [-0.05, 0) is 56.7 Å². The Hall–Kier alpha value is -3.62. The fourth-order valence-electron chi connectivity index (χ4n) is 3.59. The molecule has 2 heterocycles. The van der Waals surface area contributed by atoms with Gasteiger partial charge in [-0.15, -0.1) is 0 Å². The molecular formula is C25H22ClFN4O3. The summed E-state index contributed by atoms with van der Waals surface area (Å²) >= 11 is 6.46. The average molecular weight is 481 g/mol. The number of fused-ring (bicyclic) bond motifs is 1. The van der Waals surface area contributed by atoms with Crippen molar-refractivity contribution in [3.8, 4) is 11.1 Å². The maximum Gasteiger partial charge on any atom is 0.335 e. The molecule has 0 fully saturated rings. The lowest BCUT2D eigenvalue weighted by atomic mass is 10.0. The van der Waals surface area contributed by atoms with Gasteiger partial charge in [0.15, 0.2) is 5.82 Å². The van der Waals surface area contributed by atoms with Gasteiger partial charge in [-0.2, -0.15) is 0 Å². The van der Waals surface area contributed by atoms with E-state index in [1.54, 1.807) is 33.2 Å². The number of aromatic nitrogens is 3. The molecule has 0 aliphatic rings. The first-order valence-electron chi connectivity index (χ1n) is 10.5. The number of hydrogen-bond acceptors (Lipinski definition) is 6. The number of hydrogen-bond donors (Lipinski definition) is 3. The summed E-state index contributed by atoms with van der Waals surface area (Å²) < 4.78 is 14.5. The first kappa shape index (κ1) is 23.5. The standard InChI is InChI=1S/C25H22ClFN4O3/c1-13(17-9-15(23(32)33)4-6-20(17)27)31-22-18-8-14(5-7-21(18)28-12-19(22)26)16-10-29-24(30-11-16)25(2,3)34/h4-13,34H,1-3H3,(H,28,31)(H,32,33). The molecule has 0 radical (unpaired) electrons. The number of halogens is 2. The van der Waals surface area contributed by atoms with Gasteiger partial charge in [0.25, 0.3) is 0 Å². The Morgan fingerprint density at radius 1 is 1.06 bits per heavy atom. The monoisotopic (exact) mass is 480 g/mol. The zero-order valence-electron chi connectivity index (χ0n) is 18.7. The highest BCUT2D eigenvalue weighted by Gasteiger charge is 2.20. The zero-order chi connectivity index (χ0) is 24.6. The molecule has 0 aliphatic carbocycles. The lowest BCUT2D eigenvalue weighted by molar-refractivity contribution is 0.0683. The van der Waals surface area contributed by atoms with Crippen molar-refractivity contribution < 1.29 is 19.4 Å². The molecule has 0 saturated carbocycles. The number of pyridine rings is 1. The molecular weight excluding hydrogens is 459 g/mol. The van der Waals surface area contributed by atoms with Gasteiger partial charge in [0.1, 0.15) is 11.4 Å². The maximum absolute atomic E-state index is 14.5. The molecule has 4 rings (SSSR count). The number of carbonyl (C=O) groups is 1. The highest BCUT2D eigenvalue weighted by atomic mass is 35.5. The van der Waals surface area contributed by atoms with Gasteiger partial charge in [0.2, 0.25) is 0 Å². The normalized spacial score (nSPS) is 12.5. The van der Waals surface area contributed by atoms with Crippen LogP contribution in [0.2, 0.25) is 5.02 Å². The Morgan fingerprint density at radius 3 is 2.41 bits per heavy atom. The van der Waals surface area contributed by atoms with Crippen LogP contribution in [0.15, 0.2) is 55.0 Å². The summed E-state index contributed by atoms with van der Waals surface area (Å²) in [6.45, 7) is 4.94. The Morgan fingerprint density at radius 2 is 1.76 bits per heavy atom. The van der Waals surface area contributed by atoms with Crippen LogP contribution in [-0.4, -0.2) is 31.1 Å². The Kier molecular flexibility index (Phi) is 6.20. The molecule has 1 atom stereocenters. The zero-order valence-corrected chi connectivity index (χ0v) is 19.4. The minimum absolute atomic E-state index is 0.00692. The highest BCUT2D eigenvalue weighted by Crippen LogP contribution is 2.35. The van der Waals surface area contributed by atoms with E-state index < -0.39 is 23.4 Å². The molecule has 2 aromatic carbocycles. The van der Waals surface area contributed by atoms with Crippen molar-refractivity contribution in [1.82, 2.24) is 15.0 Å². The summed E-state index contributed by atoms with van der Waals surface area (Å²) in [5.41, 5.74) is 1.77. The number of carboxylic acid groups (broad SMARTS) is 1. The number of anilines is 1. The third-order valence-electron chi connectivity index (χ3n) is 5.42. The summed E-state index contributed by atoms with van der Waals surface area (Å²) in [6, 6.07) is 8.65. The van der Waals surface area contributed by atoms with Crippen molar-refractivity contribution in [3.63, 3.8) is 0 Å². The van der Waals surface area contributed by atoms with Crippen molar-refractivity contribution >= 4 is 34.2 Å². The van der Waals surface area contributed by atoms with Gasteiger partial charge in [0, 0.05) is 35.1 Å². The molecule has 3 N–H and O–H groups in total. The van der Waals surface area contributed by atoms with E-state index in [0.717, 1.165) is 17.2 Å². The van der Waals surface area contributed by atoms with Crippen molar-refractivity contribution in [2.75, 3.05) is 5.32 Å². The van der Waals surface area contributed by atoms with Gasteiger partial charge in [-0.3, -0.25) is 4.98 Å². The quantitative estimate of drug-likeness (QED) is 0.330. The van der Waals surface area contributed by atoms with Gasteiger partial charge in [-0.25, -0.2) is 19.2 Å². The van der Waals surface area contributed by atoms with Gasteiger partial charge >= 0.3 is 5.97 Å². The number of aromatic carboxylic acids is 1. The average Bonchev–Trinajstić information content (AvgIpc) is 2.80. The van der Waals surface area contributed by atoms with Gasteiger partial charge in [-0.1, -0.05) is 17.7 Å². The number of carboxylic acids is 1. The molecule has 4 aromatic rings. The van der Waals surface area contributed by atoms with Crippen LogP contribution in [-0.2, 0) is 5.60 Å². The van der Waals surface area contributed by atoms with E-state index in [4.69, 9.17) is 11.6 Å². The molecule has 7 nitrogen and oxygen atoms in total. The highest BCUT2D eigenvalue weighted by molar-refractivity contribution is 6.34. The predicted molar refractivity (Wildman–Crippen MR) is 128 cm³/mol. The molecule has 1 unspecified atom stereocenters. The van der Waals surface area contributed by atoms with E-state index in [1.807, 2.05) is 18.2 Å². The summed E-state index contributed by atoms with van der Waals surface area (Å²) in [6.07, 6.45) is 4.76. The van der Waals surface area contributed by atoms with E-state index in [1.165, 1.54) is 18.3 Å². The predicted octanol–water partition coefficient (Wildman–Crippen LogP) is 5.58. The molecule has 0 aliphatic heterocycles. The van der Waals surface area contributed by atoms with Crippen molar-refractivity contribution in [3.05, 3.63) is 82.8 Å². The molecule has 0 spiro atoms. The van der Waals surface area contributed by atoms with Crippen LogP contribution in [0.5, 0.6) is 0 Å². The lowest BCUT2D eigenvalue weighted by Crippen LogP contribution is -2.19. The van der Waals surface area contributed by atoms with Crippen molar-refractivity contribution in [1.29, 1.82) is 0 Å². The molecule has 2 aromatic heterocycles. The van der Waals surface area contributed by atoms with Crippen LogP contribution >= 0.6 is 11.6 Å². The Bertz CT molecular complexity index is 1390. The van der Waals surface area contributed by atoms with Gasteiger partial charge in [0.05, 0.1) is 27.8 Å². The van der Waals surface area contributed by atoms with Crippen LogP contribution in [0.1, 0.15) is 48.6 Å². The summed E-state index contributed by atoms with van der Waals surface area (Å²) in [5.74, 6) is -1.35. The van der Waals surface area contributed by atoms with Gasteiger partial charge < -0.3 is 15.5 Å². The fourth-order valence-corrected chi connectivity index (χ4v) is 3.80. The largest absolute Gasteiger partial charge is 0.478 e. The minimum Gasteiger partial charge on any atom is -0.478 e. The molecule has 0 saturated heterocycles. The minimum atomic E-state index is -1.15. The molecule has 34 heavy (non-hydrogen) atoms. The summed E-state index contributed by atoms with van der Waals surface area (Å²) in [5, 5.41) is 23.6. The second-order valence-corrected chi connectivity index (χ2v) is 8.88. The Balaban J connectivity index is 1.74. The third kappa shape index (κ3) is 4.69. The fraction of sp³-hybridized carbons (Fsp3) is 0.200. The van der Waals surface area contributed by atoms with Crippen LogP contribution in [0, 0.1) is 5.82 Å². The Labute approximate surface area is 200 Å². The molecule has 9 heteroatoms. The second kappa shape index (κ2) is 8.96. The number of aliphatic hydroxyl groups is 1. The third-order valence-corrected chi connectivity index (χ3v) is 5.71. The summed E-state index contributed by atoms with van der Waals surface area (Å²) in [7, 11) is 0. The topological polar surface area (TPSA) is 108 Å². The van der Waals surface area contributed by atoms with E-state index in [2.05, 4.69) is 20.3 Å². The van der Waals surface area contributed by atoms with E-state index in [9.17, 15) is 19.4 Å². The number of nitrogens with one attached hydrogen (secondary N) is 1. The second-order valence-electron chi connectivity index (χ2n) is 8.47. The van der Waals surface area contributed by atoms with Crippen LogP contribution < -0.4 is 5.32 Å². The van der Waals surface area contributed by atoms with Crippen LogP contribution in [0.25, 0.3) is 22.0 Å². The smallest absolute Gasteiger partial charge is 0.335 e. The van der Waals surface area contributed by atoms with Crippen LogP contribution in [0.3, 0.4) is 0 Å². The van der Waals surface area contributed by atoms with E-state index >= 15 is 0 Å². The first-order chi connectivity index (χ1) is 16.0. The van der Waals surface area contributed by atoms with Crippen molar-refractivity contribution in [2.24, 2.45) is 0 Å². The van der Waals surface area contributed by atoms with Crippen LogP contribution in [0.4, 0.5) is 10.1 Å². The van der Waals surface area contributed by atoms with E-state index in [0.29, 0.717) is 27.4 Å². The number of benzene rings is 2. The first-order valence-corrected chi connectivity index (χ1v) is 10.8. The SMILES string of the molecule is CC(Nc1c(Cl)cnc2ccc(-c3cnc(C(C)(C)O)nc3)cc12)c1cc(C(=O)O)ccc1F. The number of rotatable bonds is 6. The number of nitrogens with zero attached hydrogens (tertiary/aromatic N) is 3. The summed E-state index contributed by atoms with van der Waals surface area (Å²) in [4.78, 5) is 24.2.